The van der Waals surface area contributed by atoms with Gasteiger partial charge in [0.1, 0.15) is 10.5 Å². The summed E-state index contributed by atoms with van der Waals surface area (Å²) in [5.41, 5.74) is 0.409. The summed E-state index contributed by atoms with van der Waals surface area (Å²) >= 11 is 3.31. The van der Waals surface area contributed by atoms with Crippen molar-refractivity contribution < 1.29 is 4.79 Å². The summed E-state index contributed by atoms with van der Waals surface area (Å²) in [6.07, 6.45) is 6.06. The second kappa shape index (κ2) is 5.79. The number of hydrogen-bond acceptors (Lipinski definition) is 4. The van der Waals surface area contributed by atoms with E-state index in [0.717, 1.165) is 12.8 Å². The minimum absolute atomic E-state index is 0.0495. The van der Waals surface area contributed by atoms with Gasteiger partial charge < -0.3 is 10.6 Å². The molecule has 2 saturated carbocycles. The monoisotopic (exact) mass is 354 g/mol. The third-order valence-electron chi connectivity index (χ3n) is 3.80. The van der Waals surface area contributed by atoms with Gasteiger partial charge in [-0.1, -0.05) is 0 Å². The fourth-order valence-corrected chi connectivity index (χ4v) is 2.51. The molecule has 2 aliphatic rings. The third-order valence-corrected chi connectivity index (χ3v) is 4.57. The van der Waals surface area contributed by atoms with Gasteiger partial charge in [-0.15, -0.1) is 0 Å². The molecule has 0 saturated heterocycles. The molecule has 0 aliphatic heterocycles. The van der Waals surface area contributed by atoms with E-state index in [2.05, 4.69) is 31.7 Å². The molecule has 21 heavy (non-hydrogen) atoms. The van der Waals surface area contributed by atoms with Crippen LogP contribution in [0.2, 0.25) is 0 Å². The second-order valence-electron chi connectivity index (χ2n) is 5.95. The van der Waals surface area contributed by atoms with E-state index < -0.39 is 6.04 Å². The summed E-state index contributed by atoms with van der Waals surface area (Å²) in [4.78, 5) is 24.1. The summed E-state index contributed by atoms with van der Waals surface area (Å²) in [7, 11) is 0. The van der Waals surface area contributed by atoms with Crippen molar-refractivity contribution in [2.75, 3.05) is 5.32 Å². The van der Waals surface area contributed by atoms with Crippen LogP contribution in [0.5, 0.6) is 0 Å². The number of nitrogens with zero attached hydrogens (tertiary/aromatic N) is 2. The van der Waals surface area contributed by atoms with Gasteiger partial charge in [0.15, 0.2) is 0 Å². The summed E-state index contributed by atoms with van der Waals surface area (Å²) in [5, 5.41) is 10.2. The summed E-state index contributed by atoms with van der Waals surface area (Å²) < 4.78 is 1.92. The normalized spacial score (nSPS) is 19.1. The smallest absolute Gasteiger partial charge is 0.283 e. The van der Waals surface area contributed by atoms with Gasteiger partial charge in [0.25, 0.3) is 5.56 Å². The fraction of sp³-hybridized carbons (Fsp3) is 0.643. The van der Waals surface area contributed by atoms with Crippen molar-refractivity contribution in [2.24, 2.45) is 5.92 Å². The van der Waals surface area contributed by atoms with Gasteiger partial charge in [0, 0.05) is 12.6 Å². The number of carbonyl (C=O) groups is 1. The van der Waals surface area contributed by atoms with Crippen LogP contribution in [0.3, 0.4) is 0 Å². The predicted molar refractivity (Wildman–Crippen MR) is 83.2 cm³/mol. The van der Waals surface area contributed by atoms with Crippen LogP contribution >= 0.6 is 15.9 Å². The predicted octanol–water partition coefficient (Wildman–Crippen LogP) is 1.49. The van der Waals surface area contributed by atoms with Crippen LogP contribution in [0.1, 0.15) is 32.6 Å². The van der Waals surface area contributed by atoms with E-state index >= 15 is 0 Å². The average Bonchev–Trinajstić information content (AvgIpc) is 3.33. The molecule has 0 bridgehead atoms. The molecule has 114 valence electrons. The highest BCUT2D eigenvalue weighted by Gasteiger charge is 2.26. The van der Waals surface area contributed by atoms with E-state index in [0.29, 0.717) is 28.7 Å². The summed E-state index contributed by atoms with van der Waals surface area (Å²) in [6, 6.07) is -0.0720. The van der Waals surface area contributed by atoms with E-state index in [9.17, 15) is 9.59 Å². The zero-order valence-corrected chi connectivity index (χ0v) is 13.5. The lowest BCUT2D eigenvalue weighted by molar-refractivity contribution is -0.121. The van der Waals surface area contributed by atoms with E-state index in [4.69, 9.17) is 0 Å². The van der Waals surface area contributed by atoms with Crippen LogP contribution in [-0.4, -0.2) is 27.8 Å². The SMILES string of the molecule is CC(Nc1cnn(CC2CC2)c(=O)c1Br)C(=O)NC1CC1. The van der Waals surface area contributed by atoms with Crippen LogP contribution < -0.4 is 16.2 Å². The molecule has 1 aromatic rings. The van der Waals surface area contributed by atoms with E-state index in [1.807, 2.05) is 0 Å². The number of anilines is 1. The Morgan fingerprint density at radius 3 is 2.81 bits per heavy atom. The standard InChI is InChI=1S/C14H19BrN4O2/c1-8(13(20)18-10-4-5-10)17-11-6-16-19(7-9-2-3-9)14(21)12(11)15/h6,8-10,17H,2-5,7H2,1H3,(H,18,20). The first-order valence-electron chi connectivity index (χ1n) is 7.37. The Balaban J connectivity index is 1.67. The zero-order chi connectivity index (χ0) is 15.0. The maximum atomic E-state index is 12.2. The molecule has 1 atom stereocenters. The molecule has 2 fully saturated rings. The summed E-state index contributed by atoms with van der Waals surface area (Å²) in [5.74, 6) is 0.538. The van der Waals surface area contributed by atoms with Gasteiger partial charge in [0.2, 0.25) is 5.91 Å². The Morgan fingerprint density at radius 1 is 1.48 bits per heavy atom. The van der Waals surface area contributed by atoms with Gasteiger partial charge in [-0.05, 0) is 54.5 Å². The van der Waals surface area contributed by atoms with Gasteiger partial charge in [0.05, 0.1) is 11.9 Å². The molecule has 1 heterocycles. The van der Waals surface area contributed by atoms with Crippen molar-refractivity contribution >= 4 is 27.5 Å². The molecule has 1 amide bonds. The average molecular weight is 355 g/mol. The van der Waals surface area contributed by atoms with Gasteiger partial charge in [-0.3, -0.25) is 9.59 Å². The molecule has 0 radical (unpaired) electrons. The molecule has 6 nitrogen and oxygen atoms in total. The van der Waals surface area contributed by atoms with Crippen LogP contribution in [0.25, 0.3) is 0 Å². The maximum absolute atomic E-state index is 12.2. The first-order chi connectivity index (χ1) is 10.0. The molecular formula is C14H19BrN4O2. The molecule has 0 aromatic carbocycles. The highest BCUT2D eigenvalue weighted by atomic mass is 79.9. The largest absolute Gasteiger partial charge is 0.372 e. The van der Waals surface area contributed by atoms with Crippen molar-refractivity contribution in [1.29, 1.82) is 0 Å². The van der Waals surface area contributed by atoms with Crippen molar-refractivity contribution in [2.45, 2.75) is 51.2 Å². The minimum Gasteiger partial charge on any atom is -0.372 e. The quantitative estimate of drug-likeness (QED) is 0.811. The second-order valence-corrected chi connectivity index (χ2v) is 6.74. The number of nitrogens with one attached hydrogen (secondary N) is 2. The number of amides is 1. The molecule has 1 aromatic heterocycles. The molecule has 2 aliphatic carbocycles. The Hall–Kier alpha value is -1.37. The topological polar surface area (TPSA) is 76.0 Å². The van der Waals surface area contributed by atoms with E-state index in [1.165, 1.54) is 17.5 Å². The van der Waals surface area contributed by atoms with Gasteiger partial charge in [-0.25, -0.2) is 4.68 Å². The molecule has 3 rings (SSSR count). The van der Waals surface area contributed by atoms with Crippen LogP contribution in [0.4, 0.5) is 5.69 Å². The van der Waals surface area contributed by atoms with E-state index in [-0.39, 0.29) is 11.5 Å². The van der Waals surface area contributed by atoms with Gasteiger partial charge >= 0.3 is 0 Å². The van der Waals surface area contributed by atoms with Crippen molar-refractivity contribution in [3.8, 4) is 0 Å². The molecule has 2 N–H and O–H groups in total. The van der Waals surface area contributed by atoms with Gasteiger partial charge in [-0.2, -0.15) is 5.10 Å². The number of carbonyl (C=O) groups excluding carboxylic acids is 1. The lowest BCUT2D eigenvalue weighted by atomic mass is 10.3. The third kappa shape index (κ3) is 3.64. The first-order valence-corrected chi connectivity index (χ1v) is 8.16. The number of halogens is 1. The van der Waals surface area contributed by atoms with Crippen molar-refractivity contribution in [3.63, 3.8) is 0 Å². The number of hydrogen-bond donors (Lipinski definition) is 2. The number of aromatic nitrogens is 2. The zero-order valence-electron chi connectivity index (χ0n) is 11.9. The first kappa shape index (κ1) is 14.6. The lowest BCUT2D eigenvalue weighted by Crippen LogP contribution is -2.39. The maximum Gasteiger partial charge on any atom is 0.283 e. The molecule has 7 heteroatoms. The lowest BCUT2D eigenvalue weighted by Gasteiger charge is -2.16. The Kier molecular flexibility index (Phi) is 4.01. The highest BCUT2D eigenvalue weighted by Crippen LogP contribution is 2.30. The minimum atomic E-state index is -0.401. The Bertz CT molecular complexity index is 607. The van der Waals surface area contributed by atoms with Crippen LogP contribution in [0.15, 0.2) is 15.5 Å². The molecular weight excluding hydrogens is 336 g/mol. The van der Waals surface area contributed by atoms with Crippen LogP contribution in [0, 0.1) is 5.92 Å². The van der Waals surface area contributed by atoms with Crippen molar-refractivity contribution in [3.05, 3.63) is 21.0 Å². The van der Waals surface area contributed by atoms with E-state index in [1.54, 1.807) is 13.1 Å². The Morgan fingerprint density at radius 2 is 2.19 bits per heavy atom. The molecule has 1 unspecified atom stereocenters. The highest BCUT2D eigenvalue weighted by molar-refractivity contribution is 9.10. The Labute approximate surface area is 131 Å². The van der Waals surface area contributed by atoms with Crippen LogP contribution in [-0.2, 0) is 11.3 Å². The number of rotatable bonds is 6. The van der Waals surface area contributed by atoms with Crippen molar-refractivity contribution in [1.82, 2.24) is 15.1 Å². The molecule has 0 spiro atoms. The fourth-order valence-electron chi connectivity index (χ4n) is 2.09. The summed E-state index contributed by atoms with van der Waals surface area (Å²) in [6.45, 7) is 2.45.